The van der Waals surface area contributed by atoms with Crippen molar-refractivity contribution in [3.8, 4) is 0 Å². The Morgan fingerprint density at radius 2 is 1.71 bits per heavy atom. The van der Waals surface area contributed by atoms with Gasteiger partial charge >= 0.3 is 0 Å². The van der Waals surface area contributed by atoms with E-state index in [1.165, 1.54) is 22.3 Å². The Morgan fingerprint density at radius 1 is 1.12 bits per heavy atom. The summed E-state index contributed by atoms with van der Waals surface area (Å²) in [4.78, 5) is 11.2. The van der Waals surface area contributed by atoms with Gasteiger partial charge in [0.15, 0.2) is 0 Å². The van der Waals surface area contributed by atoms with Gasteiger partial charge in [0.1, 0.15) is 6.29 Å². The molecule has 0 saturated carbocycles. The van der Waals surface area contributed by atoms with E-state index in [-0.39, 0.29) is 18.0 Å². The fourth-order valence-corrected chi connectivity index (χ4v) is 2.85. The number of hydrogen-bond acceptors (Lipinski definition) is 3. The van der Waals surface area contributed by atoms with Crippen LogP contribution in [0.3, 0.4) is 0 Å². The van der Waals surface area contributed by atoms with Gasteiger partial charge in [-0.15, -0.1) is 0 Å². The molecule has 0 aliphatic carbocycles. The van der Waals surface area contributed by atoms with Crippen LogP contribution in [0.15, 0.2) is 12.1 Å². The second-order valence-corrected chi connectivity index (χ2v) is 5.08. The summed E-state index contributed by atoms with van der Waals surface area (Å²) in [5.74, 6) is -0.00453. The SMILES string of the molecule is Cc1cc(C)c(C2NNC(C)C2C=O)c(C)c1. The van der Waals surface area contributed by atoms with Crippen molar-refractivity contribution in [3.05, 3.63) is 34.4 Å². The highest BCUT2D eigenvalue weighted by Gasteiger charge is 2.35. The fraction of sp³-hybridized carbons (Fsp3) is 0.500. The van der Waals surface area contributed by atoms with Gasteiger partial charge in [0.2, 0.25) is 0 Å². The predicted octanol–water partition coefficient (Wildman–Crippen LogP) is 1.96. The lowest BCUT2D eigenvalue weighted by Crippen LogP contribution is -2.29. The third-order valence-corrected chi connectivity index (χ3v) is 3.63. The summed E-state index contributed by atoms with van der Waals surface area (Å²) in [5, 5.41) is 0. The molecule has 1 fully saturated rings. The van der Waals surface area contributed by atoms with Gasteiger partial charge in [-0.25, -0.2) is 5.43 Å². The molecule has 1 aromatic carbocycles. The van der Waals surface area contributed by atoms with E-state index in [0.29, 0.717) is 0 Å². The van der Waals surface area contributed by atoms with Gasteiger partial charge in [-0.05, 0) is 44.4 Å². The van der Waals surface area contributed by atoms with Gasteiger partial charge in [-0.1, -0.05) is 17.7 Å². The minimum absolute atomic E-state index is 0.00453. The zero-order valence-electron chi connectivity index (χ0n) is 10.9. The van der Waals surface area contributed by atoms with Crippen LogP contribution in [0.4, 0.5) is 0 Å². The lowest BCUT2D eigenvalue weighted by Gasteiger charge is -2.21. The molecule has 3 atom stereocenters. The summed E-state index contributed by atoms with van der Waals surface area (Å²) in [6.07, 6.45) is 1.06. The predicted molar refractivity (Wildman–Crippen MR) is 68.7 cm³/mol. The molecular formula is C14H20N2O. The number of hydrogen-bond donors (Lipinski definition) is 2. The smallest absolute Gasteiger partial charge is 0.126 e. The topological polar surface area (TPSA) is 41.1 Å². The third kappa shape index (κ3) is 2.13. The van der Waals surface area contributed by atoms with Gasteiger partial charge in [0, 0.05) is 6.04 Å². The average molecular weight is 232 g/mol. The molecule has 1 aliphatic heterocycles. The number of benzene rings is 1. The molecule has 0 spiro atoms. The molecule has 3 nitrogen and oxygen atoms in total. The lowest BCUT2D eigenvalue weighted by molar-refractivity contribution is -0.111. The largest absolute Gasteiger partial charge is 0.303 e. The van der Waals surface area contributed by atoms with E-state index in [4.69, 9.17) is 0 Å². The molecule has 0 aromatic heterocycles. The summed E-state index contributed by atoms with van der Waals surface area (Å²) < 4.78 is 0. The maximum Gasteiger partial charge on any atom is 0.126 e. The number of aldehydes is 1. The standard InChI is InChI=1S/C14H20N2O/c1-8-5-9(2)13(10(3)6-8)14-12(7-17)11(4)15-16-14/h5-7,11-12,14-16H,1-4H3. The zero-order valence-corrected chi connectivity index (χ0v) is 10.9. The number of carbonyl (C=O) groups excluding carboxylic acids is 1. The van der Waals surface area contributed by atoms with E-state index >= 15 is 0 Å². The van der Waals surface area contributed by atoms with E-state index in [2.05, 4.69) is 43.8 Å². The summed E-state index contributed by atoms with van der Waals surface area (Å²) in [5.41, 5.74) is 11.4. The van der Waals surface area contributed by atoms with Crippen LogP contribution in [-0.4, -0.2) is 12.3 Å². The quantitative estimate of drug-likeness (QED) is 0.766. The maximum absolute atomic E-state index is 11.2. The van der Waals surface area contributed by atoms with Crippen LogP contribution >= 0.6 is 0 Å². The molecular weight excluding hydrogens is 212 g/mol. The highest BCUT2D eigenvalue weighted by molar-refractivity contribution is 5.59. The Bertz CT molecular complexity index is 419. The average Bonchev–Trinajstić information content (AvgIpc) is 2.58. The van der Waals surface area contributed by atoms with Crippen molar-refractivity contribution in [3.63, 3.8) is 0 Å². The molecule has 0 bridgehead atoms. The first kappa shape index (κ1) is 12.3. The Labute approximate surface area is 103 Å². The van der Waals surface area contributed by atoms with E-state index in [1.54, 1.807) is 0 Å². The molecule has 17 heavy (non-hydrogen) atoms. The molecule has 1 aromatic rings. The highest BCUT2D eigenvalue weighted by atomic mass is 16.1. The molecule has 1 aliphatic rings. The van der Waals surface area contributed by atoms with Crippen molar-refractivity contribution < 1.29 is 4.79 Å². The van der Waals surface area contributed by atoms with Crippen LogP contribution in [0.5, 0.6) is 0 Å². The number of carbonyl (C=O) groups is 1. The zero-order chi connectivity index (χ0) is 12.6. The third-order valence-electron chi connectivity index (χ3n) is 3.63. The minimum atomic E-state index is -0.00453. The van der Waals surface area contributed by atoms with Crippen molar-refractivity contribution in [2.45, 2.75) is 39.8 Å². The van der Waals surface area contributed by atoms with E-state index < -0.39 is 0 Å². The van der Waals surface area contributed by atoms with Crippen molar-refractivity contribution in [2.24, 2.45) is 5.92 Å². The molecule has 0 amide bonds. The Balaban J connectivity index is 2.44. The Kier molecular flexibility index (Phi) is 3.31. The first-order valence-electron chi connectivity index (χ1n) is 6.08. The van der Waals surface area contributed by atoms with Gasteiger partial charge < -0.3 is 4.79 Å². The van der Waals surface area contributed by atoms with E-state index in [9.17, 15) is 4.79 Å². The molecule has 1 heterocycles. The van der Waals surface area contributed by atoms with Crippen molar-refractivity contribution >= 4 is 6.29 Å². The summed E-state index contributed by atoms with van der Waals surface area (Å²) in [6.45, 7) is 8.36. The summed E-state index contributed by atoms with van der Waals surface area (Å²) >= 11 is 0. The van der Waals surface area contributed by atoms with Gasteiger partial charge in [-0.3, -0.25) is 5.43 Å². The molecule has 92 valence electrons. The lowest BCUT2D eigenvalue weighted by atomic mass is 9.86. The van der Waals surface area contributed by atoms with E-state index in [0.717, 1.165) is 6.29 Å². The van der Waals surface area contributed by atoms with Gasteiger partial charge in [0.25, 0.3) is 0 Å². The molecule has 3 unspecified atom stereocenters. The number of hydrazine groups is 1. The van der Waals surface area contributed by atoms with Gasteiger partial charge in [-0.2, -0.15) is 0 Å². The molecule has 3 heteroatoms. The van der Waals surface area contributed by atoms with Crippen LogP contribution in [0, 0.1) is 26.7 Å². The summed E-state index contributed by atoms with van der Waals surface area (Å²) in [6, 6.07) is 4.62. The van der Waals surface area contributed by atoms with Crippen LogP contribution in [-0.2, 0) is 4.79 Å². The van der Waals surface area contributed by atoms with Crippen LogP contribution < -0.4 is 10.9 Å². The van der Waals surface area contributed by atoms with Crippen LogP contribution in [0.1, 0.15) is 35.2 Å². The van der Waals surface area contributed by atoms with Crippen LogP contribution in [0.2, 0.25) is 0 Å². The summed E-state index contributed by atoms with van der Waals surface area (Å²) in [7, 11) is 0. The first-order valence-corrected chi connectivity index (χ1v) is 6.08. The second kappa shape index (κ2) is 4.59. The minimum Gasteiger partial charge on any atom is -0.303 e. The number of rotatable bonds is 2. The van der Waals surface area contributed by atoms with Crippen molar-refractivity contribution in [1.82, 2.24) is 10.9 Å². The molecule has 2 N–H and O–H groups in total. The van der Waals surface area contributed by atoms with Gasteiger partial charge in [0.05, 0.1) is 12.0 Å². The second-order valence-electron chi connectivity index (χ2n) is 5.08. The monoisotopic (exact) mass is 232 g/mol. The Morgan fingerprint density at radius 3 is 2.24 bits per heavy atom. The number of nitrogens with one attached hydrogen (secondary N) is 2. The maximum atomic E-state index is 11.2. The number of aryl methyl sites for hydroxylation is 3. The van der Waals surface area contributed by atoms with Crippen molar-refractivity contribution in [1.29, 1.82) is 0 Å². The van der Waals surface area contributed by atoms with Crippen LogP contribution in [0.25, 0.3) is 0 Å². The molecule has 0 radical (unpaired) electrons. The highest BCUT2D eigenvalue weighted by Crippen LogP contribution is 2.32. The fourth-order valence-electron chi connectivity index (χ4n) is 2.85. The molecule has 1 saturated heterocycles. The first-order chi connectivity index (χ1) is 8.04. The Hall–Kier alpha value is -1.19. The molecule has 2 rings (SSSR count). The van der Waals surface area contributed by atoms with Crippen molar-refractivity contribution in [2.75, 3.05) is 0 Å². The normalized spacial score (nSPS) is 28.4. The van der Waals surface area contributed by atoms with E-state index in [1.807, 2.05) is 6.92 Å².